The molecule has 0 spiro atoms. The summed E-state index contributed by atoms with van der Waals surface area (Å²) in [5.41, 5.74) is 6.32. The third-order valence-electron chi connectivity index (χ3n) is 8.00. The first kappa shape index (κ1) is 30.7. The quantitative estimate of drug-likeness (QED) is 0.0989. The van der Waals surface area contributed by atoms with Gasteiger partial charge in [0.05, 0.1) is 20.1 Å². The Morgan fingerprint density at radius 2 is 1.32 bits per heavy atom. The number of hydrogen-bond acceptors (Lipinski definition) is 2. The van der Waals surface area contributed by atoms with Crippen LogP contribution in [0.1, 0.15) is 64.4 Å². The summed E-state index contributed by atoms with van der Waals surface area (Å²) in [5.74, 6) is 0.00449. The van der Waals surface area contributed by atoms with Gasteiger partial charge in [0, 0.05) is 30.5 Å². The molecule has 5 aromatic rings. The van der Waals surface area contributed by atoms with Gasteiger partial charge in [0.2, 0.25) is 12.7 Å². The number of carbonyl (C=O) groups excluding carboxylic acids is 2. The van der Waals surface area contributed by atoms with Gasteiger partial charge in [-0.3, -0.25) is 9.59 Å². The Kier molecular flexibility index (Phi) is 10.5. The summed E-state index contributed by atoms with van der Waals surface area (Å²) in [5, 5.41) is 3.00. The molecule has 0 aliphatic carbocycles. The first-order chi connectivity index (χ1) is 21.5. The van der Waals surface area contributed by atoms with Crippen LogP contribution in [-0.2, 0) is 33.1 Å². The first-order valence-corrected chi connectivity index (χ1v) is 15.6. The van der Waals surface area contributed by atoms with E-state index in [4.69, 9.17) is 0 Å². The maximum atomic E-state index is 12.6. The average molecular weight is 590 g/mol. The number of carbonyl (C=O) groups is 2. The number of aromatic nitrogens is 4. The maximum Gasteiger partial charge on any atom is 0.251 e. The maximum absolute atomic E-state index is 12.6. The van der Waals surface area contributed by atoms with Gasteiger partial charge < -0.3 is 5.32 Å². The lowest BCUT2D eigenvalue weighted by Crippen LogP contribution is -2.31. The van der Waals surface area contributed by atoms with E-state index in [0.717, 1.165) is 45.3 Å². The van der Waals surface area contributed by atoms with Crippen molar-refractivity contribution in [1.29, 1.82) is 0 Å². The molecule has 1 amide bonds. The van der Waals surface area contributed by atoms with E-state index in [-0.39, 0.29) is 11.7 Å². The Bertz CT molecular complexity index is 1650. The van der Waals surface area contributed by atoms with Gasteiger partial charge in [-0.15, -0.1) is 0 Å². The van der Waals surface area contributed by atoms with Crippen LogP contribution >= 0.6 is 0 Å². The highest BCUT2D eigenvalue weighted by Crippen LogP contribution is 2.20. The summed E-state index contributed by atoms with van der Waals surface area (Å²) in [6.07, 6.45) is 16.5. The number of benzene rings is 3. The third kappa shape index (κ3) is 8.63. The molecule has 0 atom stereocenters. The number of nitrogens with one attached hydrogen (secondary N) is 1. The molecule has 0 aliphatic heterocycles. The molecule has 44 heavy (non-hydrogen) atoms. The molecule has 5 rings (SSSR count). The van der Waals surface area contributed by atoms with Crippen LogP contribution in [0.15, 0.2) is 110 Å². The number of nitrogens with zero attached hydrogens (tertiary/aromatic N) is 4. The fourth-order valence-corrected chi connectivity index (χ4v) is 5.34. The number of unbranched alkanes of at least 4 members (excludes halogenated alkanes) is 1. The molecule has 3 aromatic carbocycles. The third-order valence-corrected chi connectivity index (χ3v) is 8.00. The number of ketones is 1. The van der Waals surface area contributed by atoms with Gasteiger partial charge in [-0.25, -0.2) is 18.3 Å². The molecule has 0 aliphatic rings. The van der Waals surface area contributed by atoms with Crippen molar-refractivity contribution in [2.75, 3.05) is 6.54 Å². The lowest BCUT2D eigenvalue weighted by Gasteiger charge is -2.06. The van der Waals surface area contributed by atoms with E-state index in [2.05, 4.69) is 93.2 Å². The second-order valence-corrected chi connectivity index (χ2v) is 11.5. The van der Waals surface area contributed by atoms with E-state index in [1.54, 1.807) is 24.3 Å². The highest BCUT2D eigenvalue weighted by molar-refractivity contribution is 5.98. The number of amides is 1. The van der Waals surface area contributed by atoms with E-state index in [1.165, 1.54) is 22.3 Å². The lowest BCUT2D eigenvalue weighted by molar-refractivity contribution is -0.687. The van der Waals surface area contributed by atoms with Crippen molar-refractivity contribution in [2.24, 2.45) is 7.05 Å². The van der Waals surface area contributed by atoms with Crippen molar-refractivity contribution in [3.8, 4) is 11.1 Å². The summed E-state index contributed by atoms with van der Waals surface area (Å²) in [4.78, 5) is 25.2. The van der Waals surface area contributed by atoms with Crippen molar-refractivity contribution in [3.05, 3.63) is 132 Å². The molecule has 2 heterocycles. The summed E-state index contributed by atoms with van der Waals surface area (Å²) in [6, 6.07) is 24.6. The van der Waals surface area contributed by atoms with Gasteiger partial charge in [0.25, 0.3) is 5.91 Å². The van der Waals surface area contributed by atoms with Gasteiger partial charge in [0.15, 0.2) is 5.78 Å². The normalized spacial score (nSPS) is 11.0. The van der Waals surface area contributed by atoms with Gasteiger partial charge in [-0.05, 0) is 53.6 Å². The van der Waals surface area contributed by atoms with Crippen molar-refractivity contribution >= 4 is 11.7 Å². The smallest absolute Gasteiger partial charge is 0.251 e. The predicted molar refractivity (Wildman–Crippen MR) is 172 cm³/mol. The van der Waals surface area contributed by atoms with Crippen molar-refractivity contribution in [1.82, 2.24) is 14.5 Å². The van der Waals surface area contributed by atoms with Gasteiger partial charge in [-0.1, -0.05) is 67.6 Å². The number of rotatable bonds is 15. The Labute approximate surface area is 260 Å². The van der Waals surface area contributed by atoms with Crippen molar-refractivity contribution in [3.63, 3.8) is 0 Å². The SMILES string of the molecule is CCc1ccc(-c2ccc(C[n+]3ccn(CCCNC(=O)c4ccc(C(=O)CCCCn5cc[n+](C)c5)cc4)c3)cc2)cc1. The van der Waals surface area contributed by atoms with Crippen LogP contribution in [0.2, 0.25) is 0 Å². The van der Waals surface area contributed by atoms with E-state index in [0.29, 0.717) is 24.1 Å². The first-order valence-electron chi connectivity index (χ1n) is 15.6. The van der Waals surface area contributed by atoms with E-state index < -0.39 is 0 Å². The largest absolute Gasteiger partial charge is 0.352 e. The molecule has 0 radical (unpaired) electrons. The molecule has 7 heteroatoms. The van der Waals surface area contributed by atoms with Crippen LogP contribution in [0.3, 0.4) is 0 Å². The molecule has 2 aromatic heterocycles. The van der Waals surface area contributed by atoms with Crippen molar-refractivity contribution < 1.29 is 18.7 Å². The molecule has 7 nitrogen and oxygen atoms in total. The minimum Gasteiger partial charge on any atom is -0.352 e. The van der Waals surface area contributed by atoms with Crippen LogP contribution in [0.4, 0.5) is 0 Å². The minimum atomic E-state index is -0.115. The molecule has 226 valence electrons. The highest BCUT2D eigenvalue weighted by atomic mass is 16.1. The summed E-state index contributed by atoms with van der Waals surface area (Å²) in [6.45, 7) is 5.29. The number of aryl methyl sites for hydroxylation is 4. The van der Waals surface area contributed by atoms with Gasteiger partial charge in [-0.2, -0.15) is 0 Å². The standard InChI is InChI=1S/C37H42N5O2/c1-3-30-8-12-32(13-9-30)33-14-10-31(11-15-33)27-42-26-25-41(29-42)22-6-20-38-37(44)35-18-16-34(17-19-35)36(43)7-4-5-21-40-24-23-39(2)28-40/h8-19,23-26,28-29H,3-7,20-22,27H2,1-2H3/q+1/p+1. The van der Waals surface area contributed by atoms with Crippen molar-refractivity contribution in [2.45, 2.75) is 58.7 Å². The molecular weight excluding hydrogens is 546 g/mol. The molecule has 0 unspecified atom stereocenters. The van der Waals surface area contributed by atoms with Gasteiger partial charge in [0.1, 0.15) is 31.3 Å². The number of Topliss-reactive ketones (excluding diaryl/α,β-unsaturated/α-hetero) is 1. The average Bonchev–Trinajstić information content (AvgIpc) is 3.69. The van der Waals surface area contributed by atoms with Crippen LogP contribution in [0.25, 0.3) is 11.1 Å². The molecule has 0 bridgehead atoms. The topological polar surface area (TPSA) is 63.8 Å². The van der Waals surface area contributed by atoms with E-state index in [9.17, 15) is 9.59 Å². The van der Waals surface area contributed by atoms with Crippen LogP contribution in [0, 0.1) is 0 Å². The van der Waals surface area contributed by atoms with E-state index >= 15 is 0 Å². The predicted octanol–water partition coefficient (Wildman–Crippen LogP) is 5.55. The second kappa shape index (κ2) is 15.1. The monoisotopic (exact) mass is 589 g/mol. The number of imidazole rings is 2. The molecule has 0 saturated heterocycles. The Balaban J connectivity index is 0.998. The minimum absolute atomic E-state index is 0.115. The second-order valence-electron chi connectivity index (χ2n) is 11.5. The molecular formula is C37H43N5O2+2. The molecule has 1 N–H and O–H groups in total. The lowest BCUT2D eigenvalue weighted by atomic mass is 10.0. The fraction of sp³-hybridized carbons (Fsp3) is 0.297. The Morgan fingerprint density at radius 3 is 1.98 bits per heavy atom. The van der Waals surface area contributed by atoms with Crippen LogP contribution in [-0.4, -0.2) is 27.4 Å². The van der Waals surface area contributed by atoms with Crippen LogP contribution in [0.5, 0.6) is 0 Å². The summed E-state index contributed by atoms with van der Waals surface area (Å²) < 4.78 is 8.46. The fourth-order valence-electron chi connectivity index (χ4n) is 5.34. The molecule has 0 saturated carbocycles. The summed E-state index contributed by atoms with van der Waals surface area (Å²) in [7, 11) is 2.00. The zero-order chi connectivity index (χ0) is 30.7. The Hall–Kier alpha value is -4.78. The summed E-state index contributed by atoms with van der Waals surface area (Å²) >= 11 is 0. The van der Waals surface area contributed by atoms with Crippen LogP contribution < -0.4 is 14.5 Å². The van der Waals surface area contributed by atoms with Gasteiger partial charge >= 0.3 is 0 Å². The van der Waals surface area contributed by atoms with E-state index in [1.807, 2.05) is 30.3 Å². The Morgan fingerprint density at radius 1 is 0.705 bits per heavy atom. The highest BCUT2D eigenvalue weighted by Gasteiger charge is 2.11. The number of hydrogen-bond donors (Lipinski definition) is 1. The zero-order valence-electron chi connectivity index (χ0n) is 25.9. The zero-order valence-corrected chi connectivity index (χ0v) is 25.9. The molecule has 0 fully saturated rings.